The maximum absolute atomic E-state index is 12.4. The second-order valence-corrected chi connectivity index (χ2v) is 5.01. The third kappa shape index (κ3) is 1.72. The van der Waals surface area contributed by atoms with E-state index in [1.54, 1.807) is 12.1 Å². The molecule has 0 aliphatic rings. The van der Waals surface area contributed by atoms with Gasteiger partial charge in [0.15, 0.2) is 0 Å². The summed E-state index contributed by atoms with van der Waals surface area (Å²) in [6, 6.07) is 3.24. The molecule has 0 aliphatic heterocycles. The minimum absolute atomic E-state index is 0.162. The lowest BCUT2D eigenvalue weighted by Crippen LogP contribution is -2.16. The van der Waals surface area contributed by atoms with Crippen molar-refractivity contribution < 1.29 is 9.53 Å². The van der Waals surface area contributed by atoms with Gasteiger partial charge in [-0.25, -0.2) is 9.78 Å². The number of pyridine rings is 1. The zero-order valence-electron chi connectivity index (χ0n) is 10.3. The Bertz CT molecular complexity index is 863. The third-order valence-corrected chi connectivity index (χ3v) is 3.94. The normalized spacial score (nSPS) is 11.1. The predicted molar refractivity (Wildman–Crippen MR) is 72.9 cm³/mol. The zero-order valence-corrected chi connectivity index (χ0v) is 11.2. The second kappa shape index (κ2) is 4.17. The first kappa shape index (κ1) is 11.9. The van der Waals surface area contributed by atoms with Crippen LogP contribution in [-0.2, 0) is 4.74 Å². The third-order valence-electron chi connectivity index (χ3n) is 2.95. The molecule has 0 radical (unpaired) electrons. The Balaban J connectivity index is 2.41. The molecule has 3 rings (SSSR count). The van der Waals surface area contributed by atoms with Crippen molar-refractivity contribution in [2.75, 3.05) is 7.11 Å². The number of thiophene rings is 1. The summed E-state index contributed by atoms with van der Waals surface area (Å²) < 4.78 is 6.03. The molecular formula is C13H10N2O3S. The van der Waals surface area contributed by atoms with Crippen LogP contribution in [0.4, 0.5) is 0 Å². The monoisotopic (exact) mass is 274 g/mol. The fraction of sp³-hybridized carbons (Fsp3) is 0.154. The zero-order chi connectivity index (χ0) is 13.6. The number of hydrogen-bond donors (Lipinski definition) is 0. The minimum Gasteiger partial charge on any atom is -0.465 e. The predicted octanol–water partition coefficient (Wildman–Crippen LogP) is 2.00. The molecule has 0 bridgehead atoms. The number of carbonyl (C=O) groups is 1. The van der Waals surface area contributed by atoms with Gasteiger partial charge in [-0.2, -0.15) is 0 Å². The van der Waals surface area contributed by atoms with Gasteiger partial charge in [0.2, 0.25) is 0 Å². The molecule has 0 aromatic carbocycles. The molecule has 0 fully saturated rings. The number of hydrogen-bond acceptors (Lipinski definition) is 5. The molecule has 0 aliphatic carbocycles. The highest BCUT2D eigenvalue weighted by Gasteiger charge is 2.12. The summed E-state index contributed by atoms with van der Waals surface area (Å²) in [7, 11) is 1.31. The molecule has 3 aromatic heterocycles. The molecule has 5 nitrogen and oxygen atoms in total. The van der Waals surface area contributed by atoms with Gasteiger partial charge in [0.1, 0.15) is 10.5 Å². The fourth-order valence-corrected chi connectivity index (χ4v) is 2.90. The lowest BCUT2D eigenvalue weighted by molar-refractivity contribution is 0.0600. The summed E-state index contributed by atoms with van der Waals surface area (Å²) in [4.78, 5) is 29.0. The Hall–Kier alpha value is -2.21. The van der Waals surface area contributed by atoms with Gasteiger partial charge in [0.05, 0.1) is 18.1 Å². The van der Waals surface area contributed by atoms with Gasteiger partial charge in [0.25, 0.3) is 5.56 Å². The number of aromatic nitrogens is 2. The summed E-state index contributed by atoms with van der Waals surface area (Å²) >= 11 is 1.44. The highest BCUT2D eigenvalue weighted by atomic mass is 32.1. The maximum atomic E-state index is 12.4. The van der Waals surface area contributed by atoms with Crippen LogP contribution in [0.5, 0.6) is 0 Å². The molecule has 0 unspecified atom stereocenters. The Morgan fingerprint density at radius 1 is 1.42 bits per heavy atom. The summed E-state index contributed by atoms with van der Waals surface area (Å²) in [5.74, 6) is -0.476. The van der Waals surface area contributed by atoms with E-state index < -0.39 is 5.97 Å². The Kier molecular flexibility index (Phi) is 2.60. The van der Waals surface area contributed by atoms with Gasteiger partial charge in [-0.3, -0.25) is 9.20 Å². The number of carbonyl (C=O) groups excluding carboxylic acids is 1. The summed E-state index contributed by atoms with van der Waals surface area (Å²) in [6.07, 6.45) is 1.47. The van der Waals surface area contributed by atoms with Crippen molar-refractivity contribution in [3.8, 4) is 0 Å². The second-order valence-electron chi connectivity index (χ2n) is 4.15. The standard InChI is InChI=1S/C13H10N2O3S/c1-7-6-19-11-10(7)12(16)15-5-8(13(17)18-2)3-4-9(15)14-11/h3-6H,1-2H3. The van der Waals surface area contributed by atoms with E-state index in [2.05, 4.69) is 9.72 Å². The van der Waals surface area contributed by atoms with Gasteiger partial charge >= 0.3 is 5.97 Å². The van der Waals surface area contributed by atoms with E-state index in [0.717, 1.165) is 5.56 Å². The van der Waals surface area contributed by atoms with Crippen LogP contribution in [0.15, 0.2) is 28.5 Å². The molecule has 96 valence electrons. The molecule has 0 saturated heterocycles. The van der Waals surface area contributed by atoms with E-state index in [0.29, 0.717) is 21.4 Å². The molecule has 0 N–H and O–H groups in total. The number of rotatable bonds is 1. The largest absolute Gasteiger partial charge is 0.465 e. The SMILES string of the molecule is COC(=O)c1ccc2nc3scc(C)c3c(=O)n2c1. The smallest absolute Gasteiger partial charge is 0.339 e. The summed E-state index contributed by atoms with van der Waals surface area (Å²) in [6.45, 7) is 1.87. The molecule has 0 spiro atoms. The van der Waals surface area contributed by atoms with Crippen LogP contribution in [0, 0.1) is 6.92 Å². The number of methoxy groups -OCH3 is 1. The van der Waals surface area contributed by atoms with Crippen LogP contribution in [0.3, 0.4) is 0 Å². The van der Waals surface area contributed by atoms with Crippen molar-refractivity contribution in [1.29, 1.82) is 0 Å². The highest BCUT2D eigenvalue weighted by Crippen LogP contribution is 2.21. The maximum Gasteiger partial charge on any atom is 0.339 e. The average molecular weight is 274 g/mol. The molecule has 19 heavy (non-hydrogen) atoms. The first-order chi connectivity index (χ1) is 9.11. The van der Waals surface area contributed by atoms with Gasteiger partial charge < -0.3 is 4.74 Å². The number of nitrogens with zero attached hydrogens (tertiary/aromatic N) is 2. The topological polar surface area (TPSA) is 60.7 Å². The Labute approximate surface area is 112 Å². The van der Waals surface area contributed by atoms with Crippen LogP contribution in [0.25, 0.3) is 15.9 Å². The number of ether oxygens (including phenoxy) is 1. The van der Waals surface area contributed by atoms with Crippen LogP contribution >= 0.6 is 11.3 Å². The van der Waals surface area contributed by atoms with Crippen molar-refractivity contribution >= 4 is 33.2 Å². The molecular weight excluding hydrogens is 264 g/mol. The van der Waals surface area contributed by atoms with Gasteiger partial charge in [-0.05, 0) is 30.0 Å². The lowest BCUT2D eigenvalue weighted by Gasteiger charge is -2.03. The van der Waals surface area contributed by atoms with E-state index in [1.165, 1.54) is 29.0 Å². The number of aryl methyl sites for hydroxylation is 1. The van der Waals surface area contributed by atoms with Gasteiger partial charge in [0, 0.05) is 6.20 Å². The first-order valence-electron chi connectivity index (χ1n) is 5.60. The Morgan fingerprint density at radius 2 is 2.21 bits per heavy atom. The van der Waals surface area contributed by atoms with Gasteiger partial charge in [-0.1, -0.05) is 0 Å². The molecule has 6 heteroatoms. The summed E-state index contributed by atoms with van der Waals surface area (Å²) in [5.41, 5.74) is 1.58. The van der Waals surface area contributed by atoms with Crippen molar-refractivity contribution in [3.05, 3.63) is 45.2 Å². The lowest BCUT2D eigenvalue weighted by atomic mass is 10.2. The minimum atomic E-state index is -0.476. The fourth-order valence-electron chi connectivity index (χ4n) is 1.98. The van der Waals surface area contributed by atoms with Crippen LogP contribution in [0.1, 0.15) is 15.9 Å². The average Bonchev–Trinajstić information content (AvgIpc) is 2.79. The summed E-state index contributed by atoms with van der Waals surface area (Å²) in [5, 5.41) is 2.50. The van der Waals surface area contributed by atoms with Crippen molar-refractivity contribution in [1.82, 2.24) is 9.38 Å². The Morgan fingerprint density at radius 3 is 2.95 bits per heavy atom. The number of fused-ring (bicyclic) bond motifs is 2. The first-order valence-corrected chi connectivity index (χ1v) is 6.48. The van der Waals surface area contributed by atoms with Crippen LogP contribution in [0.2, 0.25) is 0 Å². The quantitative estimate of drug-likeness (QED) is 0.637. The number of esters is 1. The van der Waals surface area contributed by atoms with Crippen LogP contribution in [-0.4, -0.2) is 22.5 Å². The molecule has 0 saturated carbocycles. The van der Waals surface area contributed by atoms with E-state index in [9.17, 15) is 9.59 Å². The molecule has 3 aromatic rings. The van der Waals surface area contributed by atoms with E-state index >= 15 is 0 Å². The van der Waals surface area contributed by atoms with E-state index in [4.69, 9.17) is 0 Å². The van der Waals surface area contributed by atoms with E-state index in [-0.39, 0.29) is 5.56 Å². The van der Waals surface area contributed by atoms with Gasteiger partial charge in [-0.15, -0.1) is 11.3 Å². The van der Waals surface area contributed by atoms with E-state index in [1.807, 2.05) is 12.3 Å². The van der Waals surface area contributed by atoms with Crippen LogP contribution < -0.4 is 5.56 Å². The highest BCUT2D eigenvalue weighted by molar-refractivity contribution is 7.16. The molecule has 0 amide bonds. The van der Waals surface area contributed by atoms with Crippen molar-refractivity contribution in [3.63, 3.8) is 0 Å². The molecule has 0 atom stereocenters. The molecule has 3 heterocycles. The van der Waals surface area contributed by atoms with Crippen molar-refractivity contribution in [2.45, 2.75) is 6.92 Å². The van der Waals surface area contributed by atoms with Crippen molar-refractivity contribution in [2.24, 2.45) is 0 Å².